The molecule has 1 N–H and O–H groups in total. The molecule has 0 bridgehead atoms. The molecule has 0 aliphatic carbocycles. The van der Waals surface area contributed by atoms with E-state index in [2.05, 4.69) is 11.2 Å². The zero-order valence-corrected chi connectivity index (χ0v) is 20.6. The van der Waals surface area contributed by atoms with Crippen LogP contribution in [-0.2, 0) is 27.4 Å². The highest BCUT2D eigenvalue weighted by Crippen LogP contribution is 2.41. The van der Waals surface area contributed by atoms with Crippen molar-refractivity contribution in [3.05, 3.63) is 47.8 Å². The molecule has 1 fully saturated rings. The van der Waals surface area contributed by atoms with Crippen molar-refractivity contribution < 1.29 is 24.3 Å². The summed E-state index contributed by atoms with van der Waals surface area (Å²) in [5.41, 5.74) is 2.12. The van der Waals surface area contributed by atoms with Gasteiger partial charge in [-0.15, -0.1) is 0 Å². The summed E-state index contributed by atoms with van der Waals surface area (Å²) in [4.78, 5) is 33.6. The van der Waals surface area contributed by atoms with Crippen molar-refractivity contribution in [1.29, 1.82) is 0 Å². The number of ether oxygens (including phenoxy) is 1. The summed E-state index contributed by atoms with van der Waals surface area (Å²) in [6.45, 7) is 6.87. The van der Waals surface area contributed by atoms with Crippen LogP contribution in [0.25, 0.3) is 0 Å². The van der Waals surface area contributed by atoms with Crippen molar-refractivity contribution in [2.45, 2.75) is 58.0 Å². The number of aryl methyl sites for hydroxylation is 1. The fraction of sp³-hybridized carbons (Fsp3) is 0.577. The first-order chi connectivity index (χ1) is 17.0. The minimum absolute atomic E-state index is 0.127. The number of carboxylic acid groups (broad SMARTS) is 1. The molecule has 190 valence electrons. The number of amides is 1. The monoisotopic (exact) mass is 484 g/mol. The topological polar surface area (TPSA) is 97.1 Å². The van der Waals surface area contributed by atoms with Gasteiger partial charge in [-0.3, -0.25) is 24.0 Å². The molecule has 0 saturated carbocycles. The number of carbonyl (C=O) groups is 2. The molecule has 1 unspecified atom stereocenters. The Balaban J connectivity index is 1.58. The number of rotatable bonds is 12. The minimum Gasteiger partial charge on any atom is -0.493 e. The van der Waals surface area contributed by atoms with Crippen LogP contribution in [0.4, 0.5) is 0 Å². The molecule has 0 radical (unpaired) electrons. The standard InChI is InChI=1S/C26H36N4O5/c1-3-11-30(35-14-4-2)24(31)18-28-17-21(19-6-7-23-20(16-19)9-15-34-23)25(26(32)33)22(28)8-13-29-12-5-10-27-29/h5-7,10,12,16,21-22,25H,3-4,8-9,11,13-15,17-18H2,1-2H3,(H,32,33)/t21-,22+,25?/m1/s1. The number of nitrogens with zero attached hydrogens (tertiary/aromatic N) is 4. The Bertz CT molecular complexity index is 996. The van der Waals surface area contributed by atoms with E-state index in [1.165, 1.54) is 5.06 Å². The molecule has 1 amide bonds. The molecular weight excluding hydrogens is 448 g/mol. The first kappa shape index (κ1) is 25.2. The smallest absolute Gasteiger partial charge is 0.308 e. The number of aromatic nitrogens is 2. The molecular formula is C26H36N4O5. The van der Waals surface area contributed by atoms with Gasteiger partial charge in [-0.25, -0.2) is 5.06 Å². The Labute approximate surface area is 206 Å². The molecule has 1 saturated heterocycles. The van der Waals surface area contributed by atoms with E-state index in [0.29, 0.717) is 39.3 Å². The lowest BCUT2D eigenvalue weighted by Crippen LogP contribution is -2.44. The first-order valence-corrected chi connectivity index (χ1v) is 12.6. The zero-order chi connectivity index (χ0) is 24.8. The van der Waals surface area contributed by atoms with Crippen LogP contribution < -0.4 is 4.74 Å². The lowest BCUT2D eigenvalue weighted by molar-refractivity contribution is -0.188. The maximum absolute atomic E-state index is 13.2. The Morgan fingerprint density at radius 2 is 2.14 bits per heavy atom. The average Bonchev–Trinajstić information content (AvgIpc) is 3.59. The molecule has 9 nitrogen and oxygen atoms in total. The maximum atomic E-state index is 13.2. The summed E-state index contributed by atoms with van der Waals surface area (Å²) >= 11 is 0. The van der Waals surface area contributed by atoms with E-state index in [4.69, 9.17) is 9.57 Å². The third-order valence-corrected chi connectivity index (χ3v) is 6.88. The van der Waals surface area contributed by atoms with E-state index in [0.717, 1.165) is 36.1 Å². The van der Waals surface area contributed by atoms with E-state index >= 15 is 0 Å². The van der Waals surface area contributed by atoms with Crippen LogP contribution in [0, 0.1) is 5.92 Å². The molecule has 1 aromatic carbocycles. The summed E-state index contributed by atoms with van der Waals surface area (Å²) in [6.07, 6.45) is 6.61. The van der Waals surface area contributed by atoms with Crippen molar-refractivity contribution in [1.82, 2.24) is 19.7 Å². The van der Waals surface area contributed by atoms with Gasteiger partial charge in [0.05, 0.1) is 25.7 Å². The quantitative estimate of drug-likeness (QED) is 0.463. The second-order valence-electron chi connectivity index (χ2n) is 9.32. The van der Waals surface area contributed by atoms with Gasteiger partial charge in [0.15, 0.2) is 0 Å². The molecule has 2 aliphatic rings. The Hall–Kier alpha value is -2.91. The number of fused-ring (bicyclic) bond motifs is 1. The molecule has 1 aromatic heterocycles. The second-order valence-corrected chi connectivity index (χ2v) is 9.32. The fourth-order valence-electron chi connectivity index (χ4n) is 5.24. The number of hydrogen-bond donors (Lipinski definition) is 1. The van der Waals surface area contributed by atoms with Crippen LogP contribution >= 0.6 is 0 Å². The summed E-state index contributed by atoms with van der Waals surface area (Å²) in [5, 5.41) is 16.1. The van der Waals surface area contributed by atoms with Crippen LogP contribution in [-0.4, -0.2) is 75.6 Å². The van der Waals surface area contributed by atoms with E-state index in [1.54, 1.807) is 6.20 Å². The van der Waals surface area contributed by atoms with Crippen LogP contribution in [0.15, 0.2) is 36.7 Å². The van der Waals surface area contributed by atoms with Crippen molar-refractivity contribution in [2.24, 2.45) is 5.92 Å². The Morgan fingerprint density at radius 1 is 1.29 bits per heavy atom. The predicted molar refractivity (Wildman–Crippen MR) is 130 cm³/mol. The minimum atomic E-state index is -0.834. The highest BCUT2D eigenvalue weighted by atomic mass is 16.7. The van der Waals surface area contributed by atoms with Crippen LogP contribution in [0.2, 0.25) is 0 Å². The van der Waals surface area contributed by atoms with Gasteiger partial charge in [0, 0.05) is 50.4 Å². The summed E-state index contributed by atoms with van der Waals surface area (Å²) in [7, 11) is 0. The van der Waals surface area contributed by atoms with Gasteiger partial charge in [0.2, 0.25) is 0 Å². The lowest BCUT2D eigenvalue weighted by Gasteiger charge is -2.29. The first-order valence-electron chi connectivity index (χ1n) is 12.6. The van der Waals surface area contributed by atoms with Crippen LogP contribution in [0.1, 0.15) is 50.2 Å². The van der Waals surface area contributed by atoms with E-state index < -0.39 is 11.9 Å². The molecule has 0 spiro atoms. The molecule has 3 atom stereocenters. The fourth-order valence-corrected chi connectivity index (χ4v) is 5.24. The summed E-state index contributed by atoms with van der Waals surface area (Å²) in [6, 6.07) is 7.57. The van der Waals surface area contributed by atoms with Crippen molar-refractivity contribution in [3.8, 4) is 5.75 Å². The normalized spacial score (nSPS) is 21.6. The maximum Gasteiger partial charge on any atom is 0.308 e. The number of likely N-dealkylation sites (tertiary alicyclic amines) is 1. The third-order valence-electron chi connectivity index (χ3n) is 6.88. The highest BCUT2D eigenvalue weighted by Gasteiger charge is 2.47. The number of hydroxylamine groups is 2. The van der Waals surface area contributed by atoms with Crippen LogP contribution in [0.5, 0.6) is 5.75 Å². The van der Waals surface area contributed by atoms with Crippen LogP contribution in [0.3, 0.4) is 0 Å². The van der Waals surface area contributed by atoms with E-state index in [1.807, 2.05) is 47.8 Å². The molecule has 4 rings (SSSR count). The molecule has 9 heteroatoms. The third kappa shape index (κ3) is 5.85. The van der Waals surface area contributed by atoms with Gasteiger partial charge >= 0.3 is 5.97 Å². The van der Waals surface area contributed by atoms with Gasteiger partial charge in [0.1, 0.15) is 5.75 Å². The highest BCUT2D eigenvalue weighted by molar-refractivity contribution is 5.78. The number of hydrogen-bond acceptors (Lipinski definition) is 6. The predicted octanol–water partition coefficient (Wildman–Crippen LogP) is 2.96. The van der Waals surface area contributed by atoms with E-state index in [-0.39, 0.29) is 24.4 Å². The number of aliphatic carboxylic acids is 1. The van der Waals surface area contributed by atoms with Gasteiger partial charge in [-0.2, -0.15) is 5.10 Å². The van der Waals surface area contributed by atoms with Gasteiger partial charge in [-0.1, -0.05) is 26.0 Å². The number of benzene rings is 1. The second kappa shape index (κ2) is 11.7. The van der Waals surface area contributed by atoms with Gasteiger partial charge < -0.3 is 9.84 Å². The zero-order valence-electron chi connectivity index (χ0n) is 20.6. The van der Waals surface area contributed by atoms with Gasteiger partial charge in [0.25, 0.3) is 5.91 Å². The molecule has 2 aromatic rings. The number of carboxylic acids is 1. The van der Waals surface area contributed by atoms with Crippen molar-refractivity contribution in [2.75, 3.05) is 32.8 Å². The SMILES string of the molecule is CCCON(CCC)C(=O)CN1C[C@H](c2ccc3c(c2)CCO3)C(C(=O)O)[C@@H]1CCn1cccn1. The Kier molecular flexibility index (Phi) is 8.41. The summed E-state index contributed by atoms with van der Waals surface area (Å²) in [5.74, 6) is -0.930. The van der Waals surface area contributed by atoms with E-state index in [9.17, 15) is 14.7 Å². The molecule has 3 heterocycles. The molecule has 2 aliphatic heterocycles. The lowest BCUT2D eigenvalue weighted by atomic mass is 9.83. The summed E-state index contributed by atoms with van der Waals surface area (Å²) < 4.78 is 7.46. The number of carbonyl (C=O) groups excluding carboxylic acids is 1. The van der Waals surface area contributed by atoms with Gasteiger partial charge in [-0.05, 0) is 42.5 Å². The Morgan fingerprint density at radius 3 is 2.86 bits per heavy atom. The molecule has 35 heavy (non-hydrogen) atoms. The van der Waals surface area contributed by atoms with Crippen molar-refractivity contribution >= 4 is 11.9 Å². The van der Waals surface area contributed by atoms with Crippen molar-refractivity contribution in [3.63, 3.8) is 0 Å². The average molecular weight is 485 g/mol. The largest absolute Gasteiger partial charge is 0.493 e.